The van der Waals surface area contributed by atoms with Crippen LogP contribution in [0.5, 0.6) is 0 Å². The van der Waals surface area contributed by atoms with Crippen LogP contribution >= 0.6 is 15.9 Å². The summed E-state index contributed by atoms with van der Waals surface area (Å²) < 4.78 is 0.849. The zero-order valence-electron chi connectivity index (χ0n) is 10.7. The lowest BCUT2D eigenvalue weighted by molar-refractivity contribution is 0.0697. The van der Waals surface area contributed by atoms with E-state index in [9.17, 15) is 4.79 Å². The number of nitrogens with one attached hydrogen (secondary N) is 1. The molecule has 0 heterocycles. The number of halogens is 1. The molecule has 0 aromatic heterocycles. The number of rotatable bonds is 5. The van der Waals surface area contributed by atoms with Gasteiger partial charge in [0.15, 0.2) is 0 Å². The first-order valence-corrected chi connectivity index (χ1v) is 6.96. The molecule has 4 heteroatoms. The third-order valence-electron chi connectivity index (χ3n) is 3.63. The molecule has 1 fully saturated rings. The lowest BCUT2D eigenvalue weighted by Gasteiger charge is -2.26. The molecular formula is C14H18BrNO2. The van der Waals surface area contributed by atoms with Gasteiger partial charge in [-0.05, 0) is 50.3 Å². The van der Waals surface area contributed by atoms with Crippen molar-refractivity contribution in [1.29, 1.82) is 0 Å². The van der Waals surface area contributed by atoms with Crippen molar-refractivity contribution in [3.63, 3.8) is 0 Å². The van der Waals surface area contributed by atoms with Crippen LogP contribution in [-0.4, -0.2) is 16.6 Å². The predicted octanol–water partition coefficient (Wildman–Crippen LogP) is 3.43. The molecule has 1 aromatic carbocycles. The normalized spacial score (nSPS) is 15.7. The SMILES string of the molecule is CC(C)(NCc1ccc(C(=O)O)cc1Br)C1CC1. The number of carbonyl (C=O) groups is 1. The van der Waals surface area contributed by atoms with Crippen LogP contribution < -0.4 is 5.32 Å². The van der Waals surface area contributed by atoms with Gasteiger partial charge in [0.05, 0.1) is 5.56 Å². The quantitative estimate of drug-likeness (QED) is 0.876. The van der Waals surface area contributed by atoms with E-state index in [0.29, 0.717) is 5.56 Å². The Morgan fingerprint density at radius 3 is 2.67 bits per heavy atom. The second kappa shape index (κ2) is 5.02. The zero-order valence-corrected chi connectivity index (χ0v) is 12.3. The van der Waals surface area contributed by atoms with Gasteiger partial charge in [0.2, 0.25) is 0 Å². The lowest BCUT2D eigenvalue weighted by atomic mass is 9.98. The highest BCUT2D eigenvalue weighted by Gasteiger charge is 2.37. The second-order valence-electron chi connectivity index (χ2n) is 5.46. The van der Waals surface area contributed by atoms with Crippen molar-refractivity contribution in [1.82, 2.24) is 5.32 Å². The van der Waals surface area contributed by atoms with Gasteiger partial charge in [0.25, 0.3) is 0 Å². The highest BCUT2D eigenvalue weighted by molar-refractivity contribution is 9.10. The topological polar surface area (TPSA) is 49.3 Å². The Kier molecular flexibility index (Phi) is 3.78. The van der Waals surface area contributed by atoms with E-state index >= 15 is 0 Å². The Bertz CT molecular complexity index is 467. The van der Waals surface area contributed by atoms with Gasteiger partial charge in [-0.25, -0.2) is 4.79 Å². The average Bonchev–Trinajstić information content (AvgIpc) is 3.11. The van der Waals surface area contributed by atoms with E-state index in [-0.39, 0.29) is 5.54 Å². The largest absolute Gasteiger partial charge is 0.478 e. The molecule has 2 N–H and O–H groups in total. The van der Waals surface area contributed by atoms with E-state index in [2.05, 4.69) is 35.1 Å². The fourth-order valence-electron chi connectivity index (χ4n) is 2.10. The number of aromatic carboxylic acids is 1. The summed E-state index contributed by atoms with van der Waals surface area (Å²) >= 11 is 3.43. The van der Waals surface area contributed by atoms with E-state index < -0.39 is 5.97 Å². The molecule has 0 radical (unpaired) electrons. The molecule has 0 saturated heterocycles. The molecule has 98 valence electrons. The molecule has 0 amide bonds. The molecule has 0 bridgehead atoms. The minimum Gasteiger partial charge on any atom is -0.478 e. The molecule has 0 atom stereocenters. The molecule has 1 aromatic rings. The summed E-state index contributed by atoms with van der Waals surface area (Å²) in [5.74, 6) is -0.122. The first-order valence-electron chi connectivity index (χ1n) is 6.17. The molecule has 1 aliphatic carbocycles. The monoisotopic (exact) mass is 311 g/mol. The minimum atomic E-state index is -0.895. The standard InChI is InChI=1S/C14H18BrNO2/c1-14(2,11-5-6-11)16-8-10-4-3-9(13(17)18)7-12(10)15/h3-4,7,11,16H,5-6,8H2,1-2H3,(H,17,18). The van der Waals surface area contributed by atoms with Crippen LogP contribution in [0.2, 0.25) is 0 Å². The van der Waals surface area contributed by atoms with Crippen LogP contribution in [0.15, 0.2) is 22.7 Å². The number of carboxylic acid groups (broad SMARTS) is 1. The Morgan fingerprint density at radius 2 is 2.17 bits per heavy atom. The van der Waals surface area contributed by atoms with Crippen molar-refractivity contribution in [2.45, 2.75) is 38.8 Å². The molecule has 2 rings (SSSR count). The lowest BCUT2D eigenvalue weighted by Crippen LogP contribution is -2.40. The number of benzene rings is 1. The Morgan fingerprint density at radius 1 is 1.50 bits per heavy atom. The van der Waals surface area contributed by atoms with Crippen molar-refractivity contribution in [3.05, 3.63) is 33.8 Å². The van der Waals surface area contributed by atoms with Crippen LogP contribution in [-0.2, 0) is 6.54 Å². The molecule has 0 aliphatic heterocycles. The first-order chi connectivity index (χ1) is 8.40. The van der Waals surface area contributed by atoms with Crippen molar-refractivity contribution < 1.29 is 9.90 Å². The van der Waals surface area contributed by atoms with E-state index in [1.807, 2.05) is 6.07 Å². The first kappa shape index (κ1) is 13.6. The summed E-state index contributed by atoms with van der Waals surface area (Å²) in [6, 6.07) is 5.17. The fraction of sp³-hybridized carbons (Fsp3) is 0.500. The Hall–Kier alpha value is -0.870. The third-order valence-corrected chi connectivity index (χ3v) is 4.37. The summed E-state index contributed by atoms with van der Waals surface area (Å²) in [6.07, 6.45) is 2.61. The molecule has 3 nitrogen and oxygen atoms in total. The van der Waals surface area contributed by atoms with Crippen LogP contribution in [0.25, 0.3) is 0 Å². The van der Waals surface area contributed by atoms with Crippen molar-refractivity contribution in [2.75, 3.05) is 0 Å². The molecule has 1 aliphatic rings. The maximum absolute atomic E-state index is 10.8. The van der Waals surface area contributed by atoms with Gasteiger partial charge < -0.3 is 10.4 Å². The van der Waals surface area contributed by atoms with Crippen molar-refractivity contribution in [2.24, 2.45) is 5.92 Å². The summed E-state index contributed by atoms with van der Waals surface area (Å²) in [5.41, 5.74) is 1.56. The van der Waals surface area contributed by atoms with Gasteiger partial charge in [0, 0.05) is 16.6 Å². The third kappa shape index (κ3) is 3.12. The van der Waals surface area contributed by atoms with Crippen LogP contribution in [0.1, 0.15) is 42.6 Å². The molecule has 0 spiro atoms. The van der Waals surface area contributed by atoms with Crippen molar-refractivity contribution >= 4 is 21.9 Å². The van der Waals surface area contributed by atoms with Gasteiger partial charge in [-0.3, -0.25) is 0 Å². The fourth-order valence-corrected chi connectivity index (χ4v) is 2.62. The van der Waals surface area contributed by atoms with Gasteiger partial charge >= 0.3 is 5.97 Å². The summed E-state index contributed by atoms with van der Waals surface area (Å²) in [5, 5.41) is 12.5. The number of carboxylic acids is 1. The van der Waals surface area contributed by atoms with E-state index in [4.69, 9.17) is 5.11 Å². The maximum atomic E-state index is 10.8. The van der Waals surface area contributed by atoms with E-state index in [1.165, 1.54) is 12.8 Å². The molecule has 1 saturated carbocycles. The summed E-state index contributed by atoms with van der Waals surface area (Å²) in [6.45, 7) is 5.21. The molecule has 18 heavy (non-hydrogen) atoms. The van der Waals surface area contributed by atoms with E-state index in [1.54, 1.807) is 12.1 Å². The number of hydrogen-bond donors (Lipinski definition) is 2. The van der Waals surface area contributed by atoms with Gasteiger partial charge in [-0.15, -0.1) is 0 Å². The summed E-state index contributed by atoms with van der Waals surface area (Å²) in [7, 11) is 0. The van der Waals surface area contributed by atoms with Crippen molar-refractivity contribution in [3.8, 4) is 0 Å². The second-order valence-corrected chi connectivity index (χ2v) is 6.32. The van der Waals surface area contributed by atoms with Crippen LogP contribution in [0, 0.1) is 5.92 Å². The maximum Gasteiger partial charge on any atom is 0.335 e. The predicted molar refractivity (Wildman–Crippen MR) is 74.7 cm³/mol. The number of hydrogen-bond acceptors (Lipinski definition) is 2. The van der Waals surface area contributed by atoms with Gasteiger partial charge in [-0.2, -0.15) is 0 Å². The van der Waals surface area contributed by atoms with Crippen LogP contribution in [0.4, 0.5) is 0 Å². The highest BCUT2D eigenvalue weighted by atomic mass is 79.9. The van der Waals surface area contributed by atoms with Gasteiger partial charge in [0.1, 0.15) is 0 Å². The van der Waals surface area contributed by atoms with E-state index in [0.717, 1.165) is 22.5 Å². The minimum absolute atomic E-state index is 0.158. The summed E-state index contributed by atoms with van der Waals surface area (Å²) in [4.78, 5) is 10.8. The smallest absolute Gasteiger partial charge is 0.335 e. The van der Waals surface area contributed by atoms with Gasteiger partial charge in [-0.1, -0.05) is 22.0 Å². The van der Waals surface area contributed by atoms with Crippen LogP contribution in [0.3, 0.4) is 0 Å². The Balaban J connectivity index is 2.03. The Labute approximate surface area is 116 Å². The average molecular weight is 312 g/mol. The molecular weight excluding hydrogens is 294 g/mol. The zero-order chi connectivity index (χ0) is 13.3. The highest BCUT2D eigenvalue weighted by Crippen LogP contribution is 2.39. The molecule has 0 unspecified atom stereocenters.